The number of aldehydes is 1. The third-order valence-corrected chi connectivity index (χ3v) is 3.51. The number of aromatic nitrogens is 1. The normalized spacial score (nSPS) is 15.8. The molecule has 1 aliphatic heterocycles. The minimum atomic E-state index is 0.335. The maximum absolute atomic E-state index is 10.8. The predicted octanol–water partition coefficient (Wildman–Crippen LogP) is 2.29. The molecule has 1 aromatic rings. The molecule has 1 fully saturated rings. The molecule has 4 heteroatoms. The Bertz CT molecular complexity index is 342. The summed E-state index contributed by atoms with van der Waals surface area (Å²) in [4.78, 5) is 18.4. The van der Waals surface area contributed by atoms with Crippen LogP contribution in [0.3, 0.4) is 0 Å². The monoisotopic (exact) mass is 210 g/mol. The predicted molar refractivity (Wildman–Crippen MR) is 58.4 cm³/mol. The Balaban J connectivity index is 2.30. The molecule has 1 aromatic heterocycles. The molecular weight excluding hydrogens is 196 g/mol. The van der Waals surface area contributed by atoms with Gasteiger partial charge in [0.25, 0.3) is 0 Å². The van der Waals surface area contributed by atoms with Gasteiger partial charge < -0.3 is 4.90 Å². The molecule has 0 radical (unpaired) electrons. The molecule has 0 amide bonds. The van der Waals surface area contributed by atoms with E-state index >= 15 is 0 Å². The highest BCUT2D eigenvalue weighted by molar-refractivity contribution is 7.17. The quantitative estimate of drug-likeness (QED) is 0.718. The van der Waals surface area contributed by atoms with E-state index in [2.05, 4.69) is 23.7 Å². The molecule has 0 saturated carbocycles. The van der Waals surface area contributed by atoms with E-state index in [9.17, 15) is 4.79 Å². The molecule has 0 spiro atoms. The molecule has 2 rings (SSSR count). The van der Waals surface area contributed by atoms with E-state index in [0.29, 0.717) is 5.92 Å². The smallest absolute Gasteiger partial charge is 0.186 e. The van der Waals surface area contributed by atoms with Crippen LogP contribution < -0.4 is 4.90 Å². The van der Waals surface area contributed by atoms with Gasteiger partial charge in [-0.1, -0.05) is 25.2 Å². The Labute approximate surface area is 87.8 Å². The van der Waals surface area contributed by atoms with Gasteiger partial charge in [0, 0.05) is 13.1 Å². The van der Waals surface area contributed by atoms with Gasteiger partial charge in [-0.15, -0.1) is 0 Å². The zero-order chi connectivity index (χ0) is 10.1. The Hall–Kier alpha value is -0.900. The second-order valence-corrected chi connectivity index (χ2v) is 4.87. The van der Waals surface area contributed by atoms with Crippen molar-refractivity contribution in [2.75, 3.05) is 18.0 Å². The van der Waals surface area contributed by atoms with Crippen molar-refractivity contribution in [2.45, 2.75) is 26.2 Å². The van der Waals surface area contributed by atoms with Gasteiger partial charge in [-0.25, -0.2) is 4.98 Å². The van der Waals surface area contributed by atoms with Crippen LogP contribution in [0.15, 0.2) is 0 Å². The molecule has 0 atom stereocenters. The summed E-state index contributed by atoms with van der Waals surface area (Å²) >= 11 is 1.52. The number of carbonyl (C=O) groups is 1. The molecule has 0 bridgehead atoms. The Kier molecular flexibility index (Phi) is 2.54. The van der Waals surface area contributed by atoms with Gasteiger partial charge in [0.2, 0.25) is 0 Å². The topological polar surface area (TPSA) is 33.2 Å². The van der Waals surface area contributed by atoms with E-state index in [1.165, 1.54) is 17.8 Å². The second kappa shape index (κ2) is 3.69. The molecule has 76 valence electrons. The molecular formula is C10H14N2OS. The molecule has 0 unspecified atom stereocenters. The lowest BCUT2D eigenvalue weighted by atomic mass is 10.1. The highest BCUT2D eigenvalue weighted by Crippen LogP contribution is 2.31. The third-order valence-electron chi connectivity index (χ3n) is 2.45. The van der Waals surface area contributed by atoms with Crippen LogP contribution in [0, 0.1) is 0 Å². The molecule has 1 saturated heterocycles. The van der Waals surface area contributed by atoms with Crippen molar-refractivity contribution >= 4 is 22.8 Å². The molecule has 3 nitrogen and oxygen atoms in total. The summed E-state index contributed by atoms with van der Waals surface area (Å²) in [6, 6.07) is 0. The second-order valence-electron chi connectivity index (χ2n) is 3.86. The lowest BCUT2D eigenvalue weighted by Crippen LogP contribution is -2.36. The fourth-order valence-corrected chi connectivity index (χ4v) is 2.56. The Morgan fingerprint density at radius 2 is 2.21 bits per heavy atom. The van der Waals surface area contributed by atoms with Crippen LogP contribution in [0.25, 0.3) is 0 Å². The standard InChI is InChI=1S/C10H14N2OS/c1-7(2)9-8(6-13)14-10(11-9)12-4-3-5-12/h6-7H,3-5H2,1-2H3. The van der Waals surface area contributed by atoms with Crippen LogP contribution in [0.1, 0.15) is 41.6 Å². The maximum atomic E-state index is 10.8. The van der Waals surface area contributed by atoms with Crippen LogP contribution in [-0.4, -0.2) is 24.4 Å². The minimum Gasteiger partial charge on any atom is -0.348 e. The van der Waals surface area contributed by atoms with Crippen molar-refractivity contribution in [2.24, 2.45) is 0 Å². The average molecular weight is 210 g/mol. The van der Waals surface area contributed by atoms with Gasteiger partial charge in [-0.2, -0.15) is 0 Å². The van der Waals surface area contributed by atoms with Gasteiger partial charge in [0.05, 0.1) is 10.6 Å². The Morgan fingerprint density at radius 3 is 2.57 bits per heavy atom. The van der Waals surface area contributed by atoms with Gasteiger partial charge in [-0.3, -0.25) is 4.79 Å². The van der Waals surface area contributed by atoms with E-state index in [0.717, 1.165) is 35.1 Å². The molecule has 14 heavy (non-hydrogen) atoms. The summed E-state index contributed by atoms with van der Waals surface area (Å²) in [6.45, 7) is 6.32. The van der Waals surface area contributed by atoms with Crippen molar-refractivity contribution in [3.8, 4) is 0 Å². The first-order valence-corrected chi connectivity index (χ1v) is 5.75. The number of anilines is 1. The van der Waals surface area contributed by atoms with Gasteiger partial charge >= 0.3 is 0 Å². The van der Waals surface area contributed by atoms with Crippen LogP contribution in [0.2, 0.25) is 0 Å². The summed E-state index contributed by atoms with van der Waals surface area (Å²) in [7, 11) is 0. The first-order chi connectivity index (χ1) is 6.72. The number of hydrogen-bond acceptors (Lipinski definition) is 4. The highest BCUT2D eigenvalue weighted by Gasteiger charge is 2.21. The van der Waals surface area contributed by atoms with Gasteiger partial charge in [0.1, 0.15) is 0 Å². The first kappa shape index (κ1) is 9.65. The van der Waals surface area contributed by atoms with Crippen molar-refractivity contribution in [1.29, 1.82) is 0 Å². The van der Waals surface area contributed by atoms with E-state index in [1.807, 2.05) is 0 Å². The number of rotatable bonds is 3. The van der Waals surface area contributed by atoms with Gasteiger partial charge in [0.15, 0.2) is 11.4 Å². The fourth-order valence-electron chi connectivity index (χ4n) is 1.47. The third kappa shape index (κ3) is 1.54. The highest BCUT2D eigenvalue weighted by atomic mass is 32.1. The van der Waals surface area contributed by atoms with Crippen molar-refractivity contribution in [3.05, 3.63) is 10.6 Å². The van der Waals surface area contributed by atoms with E-state index < -0.39 is 0 Å². The minimum absolute atomic E-state index is 0.335. The average Bonchev–Trinajstić information content (AvgIpc) is 2.45. The van der Waals surface area contributed by atoms with Crippen LogP contribution in [0.4, 0.5) is 5.13 Å². The summed E-state index contributed by atoms with van der Waals surface area (Å²) in [6.07, 6.45) is 2.17. The number of thiazole rings is 1. The lowest BCUT2D eigenvalue weighted by Gasteiger charge is -2.30. The summed E-state index contributed by atoms with van der Waals surface area (Å²) in [5.41, 5.74) is 0.951. The molecule has 0 aliphatic carbocycles. The summed E-state index contributed by atoms with van der Waals surface area (Å²) < 4.78 is 0. The molecule has 0 N–H and O–H groups in total. The largest absolute Gasteiger partial charge is 0.348 e. The van der Waals surface area contributed by atoms with Crippen molar-refractivity contribution < 1.29 is 4.79 Å². The zero-order valence-corrected chi connectivity index (χ0v) is 9.30. The van der Waals surface area contributed by atoms with E-state index in [4.69, 9.17) is 0 Å². The SMILES string of the molecule is CC(C)c1nc(N2CCC2)sc1C=O. The number of carbonyl (C=O) groups excluding carboxylic acids is 1. The van der Waals surface area contributed by atoms with Crippen LogP contribution in [-0.2, 0) is 0 Å². The maximum Gasteiger partial charge on any atom is 0.186 e. The summed E-state index contributed by atoms with van der Waals surface area (Å²) in [5, 5.41) is 1.02. The number of nitrogens with zero attached hydrogens (tertiary/aromatic N) is 2. The number of hydrogen-bond donors (Lipinski definition) is 0. The van der Waals surface area contributed by atoms with Crippen molar-refractivity contribution in [1.82, 2.24) is 4.98 Å². The van der Waals surface area contributed by atoms with E-state index in [1.54, 1.807) is 0 Å². The van der Waals surface area contributed by atoms with E-state index in [-0.39, 0.29) is 0 Å². The first-order valence-electron chi connectivity index (χ1n) is 4.93. The molecule has 0 aromatic carbocycles. The Morgan fingerprint density at radius 1 is 1.50 bits per heavy atom. The van der Waals surface area contributed by atoms with Gasteiger partial charge in [-0.05, 0) is 12.3 Å². The summed E-state index contributed by atoms with van der Waals surface area (Å²) in [5.74, 6) is 0.335. The van der Waals surface area contributed by atoms with Crippen LogP contribution >= 0.6 is 11.3 Å². The lowest BCUT2D eigenvalue weighted by molar-refractivity contribution is 0.112. The molecule has 2 heterocycles. The zero-order valence-electron chi connectivity index (χ0n) is 8.49. The molecule has 1 aliphatic rings. The van der Waals surface area contributed by atoms with Crippen LogP contribution in [0.5, 0.6) is 0 Å². The van der Waals surface area contributed by atoms with Crippen molar-refractivity contribution in [3.63, 3.8) is 0 Å². The fraction of sp³-hybridized carbons (Fsp3) is 0.600.